The molecule has 104 valence electrons. The van der Waals surface area contributed by atoms with E-state index >= 15 is 0 Å². The van der Waals surface area contributed by atoms with Crippen LogP contribution < -0.4 is 11.1 Å². The highest BCUT2D eigenvalue weighted by molar-refractivity contribution is 5.99. The molecule has 0 aliphatic carbocycles. The number of carbonyl (C=O) groups is 1. The molecule has 2 rings (SSSR count). The van der Waals surface area contributed by atoms with Crippen LogP contribution in [0, 0.1) is 5.82 Å². The van der Waals surface area contributed by atoms with E-state index in [0.717, 1.165) is 26.1 Å². The van der Waals surface area contributed by atoms with Crippen LogP contribution in [0.4, 0.5) is 10.1 Å². The zero-order valence-electron chi connectivity index (χ0n) is 11.0. The van der Waals surface area contributed by atoms with Gasteiger partial charge in [0, 0.05) is 12.2 Å². The van der Waals surface area contributed by atoms with Crippen molar-refractivity contribution in [2.75, 3.05) is 31.9 Å². The number of nitrogens with one attached hydrogen (secondary N) is 1. The number of carbonyl (C=O) groups excluding carboxylic acids is 1. The average molecular weight is 265 g/mol. The van der Waals surface area contributed by atoms with Crippen molar-refractivity contribution in [2.45, 2.75) is 19.3 Å². The molecule has 0 saturated carbocycles. The summed E-state index contributed by atoms with van der Waals surface area (Å²) in [6.45, 7) is 3.90. The van der Waals surface area contributed by atoms with E-state index in [1.807, 2.05) is 0 Å². The summed E-state index contributed by atoms with van der Waals surface area (Å²) in [5, 5.41) is 2.78. The van der Waals surface area contributed by atoms with Gasteiger partial charge in [-0.1, -0.05) is 0 Å². The van der Waals surface area contributed by atoms with Gasteiger partial charge in [-0.3, -0.25) is 4.79 Å². The Labute approximate surface area is 112 Å². The fraction of sp³-hybridized carbons (Fsp3) is 0.500. The van der Waals surface area contributed by atoms with Crippen molar-refractivity contribution in [3.05, 3.63) is 29.6 Å². The molecule has 0 unspecified atom stereocenters. The highest BCUT2D eigenvalue weighted by atomic mass is 19.1. The van der Waals surface area contributed by atoms with Crippen molar-refractivity contribution >= 4 is 11.6 Å². The van der Waals surface area contributed by atoms with Gasteiger partial charge in [0.1, 0.15) is 5.82 Å². The first-order valence-electron chi connectivity index (χ1n) is 6.72. The summed E-state index contributed by atoms with van der Waals surface area (Å²) in [7, 11) is 0. The second-order valence-electron chi connectivity index (χ2n) is 4.89. The third kappa shape index (κ3) is 3.92. The molecule has 4 nitrogen and oxygen atoms in total. The number of anilines is 1. The van der Waals surface area contributed by atoms with Gasteiger partial charge >= 0.3 is 0 Å². The molecule has 1 aliphatic rings. The summed E-state index contributed by atoms with van der Waals surface area (Å²) in [5.41, 5.74) is 6.17. The van der Waals surface area contributed by atoms with Gasteiger partial charge in [-0.15, -0.1) is 0 Å². The molecule has 1 amide bonds. The Bertz CT molecular complexity index is 444. The van der Waals surface area contributed by atoms with Gasteiger partial charge in [-0.05, 0) is 57.1 Å². The topological polar surface area (TPSA) is 58.4 Å². The molecule has 1 aromatic rings. The Hall–Kier alpha value is -1.62. The second-order valence-corrected chi connectivity index (χ2v) is 4.89. The molecule has 1 aromatic carbocycles. The van der Waals surface area contributed by atoms with E-state index in [9.17, 15) is 9.18 Å². The lowest BCUT2D eigenvalue weighted by atomic mass is 10.1. The SMILES string of the molecule is Nc1ccc(F)cc1C(=O)NCCCN1CCCC1. The van der Waals surface area contributed by atoms with Gasteiger partial charge in [0.05, 0.1) is 5.56 Å². The minimum absolute atomic E-state index is 0.209. The largest absolute Gasteiger partial charge is 0.398 e. The minimum Gasteiger partial charge on any atom is -0.398 e. The number of nitrogen functional groups attached to an aromatic ring is 1. The summed E-state index contributed by atoms with van der Waals surface area (Å²) in [6.07, 6.45) is 3.44. The van der Waals surface area contributed by atoms with Crippen LogP contribution in [-0.2, 0) is 0 Å². The minimum atomic E-state index is -0.448. The molecule has 3 N–H and O–H groups in total. The Morgan fingerprint density at radius 1 is 1.37 bits per heavy atom. The average Bonchev–Trinajstić information content (AvgIpc) is 2.90. The lowest BCUT2D eigenvalue weighted by molar-refractivity contribution is 0.0952. The molecule has 1 heterocycles. The number of benzene rings is 1. The van der Waals surface area contributed by atoms with Gasteiger partial charge < -0.3 is 16.0 Å². The molecule has 1 aliphatic heterocycles. The van der Waals surface area contributed by atoms with Crippen LogP contribution in [0.2, 0.25) is 0 Å². The van der Waals surface area contributed by atoms with E-state index in [4.69, 9.17) is 5.73 Å². The molecule has 19 heavy (non-hydrogen) atoms. The van der Waals surface area contributed by atoms with Crippen molar-refractivity contribution in [3.63, 3.8) is 0 Å². The van der Waals surface area contributed by atoms with Gasteiger partial charge in [0.25, 0.3) is 5.91 Å². The number of nitrogens with two attached hydrogens (primary N) is 1. The quantitative estimate of drug-likeness (QED) is 0.628. The van der Waals surface area contributed by atoms with Crippen LogP contribution in [-0.4, -0.2) is 37.0 Å². The number of amides is 1. The molecule has 0 spiro atoms. The van der Waals surface area contributed by atoms with Gasteiger partial charge in [-0.2, -0.15) is 0 Å². The number of hydrogen-bond acceptors (Lipinski definition) is 3. The molecular formula is C14H20FN3O. The maximum Gasteiger partial charge on any atom is 0.253 e. The van der Waals surface area contributed by atoms with Crippen molar-refractivity contribution < 1.29 is 9.18 Å². The molecule has 5 heteroatoms. The van der Waals surface area contributed by atoms with E-state index in [1.165, 1.54) is 31.0 Å². The summed E-state index contributed by atoms with van der Waals surface area (Å²) in [6, 6.07) is 3.83. The van der Waals surface area contributed by atoms with Gasteiger partial charge in [0.2, 0.25) is 0 Å². The van der Waals surface area contributed by atoms with Crippen LogP contribution in [0.1, 0.15) is 29.6 Å². The Kier molecular flexibility index (Phi) is 4.74. The van der Waals surface area contributed by atoms with Gasteiger partial charge in [0.15, 0.2) is 0 Å². The van der Waals surface area contributed by atoms with Crippen molar-refractivity contribution in [1.29, 1.82) is 0 Å². The van der Waals surface area contributed by atoms with E-state index in [2.05, 4.69) is 10.2 Å². The first-order valence-corrected chi connectivity index (χ1v) is 6.72. The van der Waals surface area contributed by atoms with E-state index in [0.29, 0.717) is 12.2 Å². The number of halogens is 1. The Morgan fingerprint density at radius 3 is 2.84 bits per heavy atom. The maximum absolute atomic E-state index is 13.1. The molecule has 0 atom stereocenters. The summed E-state index contributed by atoms with van der Waals surface area (Å²) >= 11 is 0. The summed E-state index contributed by atoms with van der Waals surface area (Å²) in [5.74, 6) is -0.755. The highest BCUT2D eigenvalue weighted by Crippen LogP contribution is 2.13. The van der Waals surface area contributed by atoms with Crippen LogP contribution in [0.5, 0.6) is 0 Å². The number of likely N-dealkylation sites (tertiary alicyclic amines) is 1. The lowest BCUT2D eigenvalue weighted by Gasteiger charge is -2.14. The van der Waals surface area contributed by atoms with E-state index in [1.54, 1.807) is 0 Å². The molecule has 0 bridgehead atoms. The van der Waals surface area contributed by atoms with Gasteiger partial charge in [-0.25, -0.2) is 4.39 Å². The third-order valence-electron chi connectivity index (χ3n) is 3.40. The number of hydrogen-bond donors (Lipinski definition) is 2. The monoisotopic (exact) mass is 265 g/mol. The van der Waals surface area contributed by atoms with Crippen LogP contribution in [0.15, 0.2) is 18.2 Å². The smallest absolute Gasteiger partial charge is 0.253 e. The fourth-order valence-corrected chi connectivity index (χ4v) is 2.33. The summed E-state index contributed by atoms with van der Waals surface area (Å²) < 4.78 is 13.1. The fourth-order valence-electron chi connectivity index (χ4n) is 2.33. The zero-order valence-corrected chi connectivity index (χ0v) is 11.0. The van der Waals surface area contributed by atoms with Crippen LogP contribution in [0.3, 0.4) is 0 Å². The Balaban J connectivity index is 1.75. The first kappa shape index (κ1) is 13.8. The number of nitrogens with zero attached hydrogens (tertiary/aromatic N) is 1. The van der Waals surface area contributed by atoms with Crippen molar-refractivity contribution in [3.8, 4) is 0 Å². The zero-order chi connectivity index (χ0) is 13.7. The normalized spacial score (nSPS) is 15.6. The molecule has 1 saturated heterocycles. The predicted molar refractivity (Wildman–Crippen MR) is 73.4 cm³/mol. The lowest BCUT2D eigenvalue weighted by Crippen LogP contribution is -2.29. The predicted octanol–water partition coefficient (Wildman–Crippen LogP) is 1.62. The maximum atomic E-state index is 13.1. The molecule has 1 fully saturated rings. The van der Waals surface area contributed by atoms with E-state index in [-0.39, 0.29) is 11.5 Å². The van der Waals surface area contributed by atoms with Crippen molar-refractivity contribution in [1.82, 2.24) is 10.2 Å². The van der Waals surface area contributed by atoms with Crippen molar-refractivity contribution in [2.24, 2.45) is 0 Å². The summed E-state index contributed by atoms with van der Waals surface area (Å²) in [4.78, 5) is 14.2. The molecular weight excluding hydrogens is 245 g/mol. The Morgan fingerprint density at radius 2 is 2.11 bits per heavy atom. The second kappa shape index (κ2) is 6.52. The highest BCUT2D eigenvalue weighted by Gasteiger charge is 2.12. The first-order chi connectivity index (χ1) is 9.16. The third-order valence-corrected chi connectivity index (χ3v) is 3.40. The standard InChI is InChI=1S/C14H20FN3O/c15-11-4-5-13(16)12(10-11)14(19)17-6-3-9-18-7-1-2-8-18/h4-5,10H,1-3,6-9,16H2,(H,17,19). The molecule has 0 aromatic heterocycles. The molecule has 0 radical (unpaired) electrons. The number of rotatable bonds is 5. The van der Waals surface area contributed by atoms with Crippen LogP contribution >= 0.6 is 0 Å². The van der Waals surface area contributed by atoms with E-state index < -0.39 is 5.82 Å². The van der Waals surface area contributed by atoms with Crippen LogP contribution in [0.25, 0.3) is 0 Å².